The van der Waals surface area contributed by atoms with E-state index in [4.69, 9.17) is 4.91 Å². The lowest BCUT2D eigenvalue weighted by atomic mass is 11.7. The quantitative estimate of drug-likeness (QED) is 0.281. The average molecular weight is 107 g/mol. The smallest absolute Gasteiger partial charge is 0.177 e. The van der Waals surface area contributed by atoms with E-state index in [1.807, 2.05) is 16.5 Å². The van der Waals surface area contributed by atoms with Gasteiger partial charge in [-0.05, 0) is 5.59 Å². The molecule has 0 saturated carbocycles. The lowest BCUT2D eigenvalue weighted by Crippen LogP contribution is -2.28. The van der Waals surface area contributed by atoms with Gasteiger partial charge in [-0.15, -0.1) is 10.5 Å². The fourth-order valence-corrected chi connectivity index (χ4v) is 0.0789. The van der Waals surface area contributed by atoms with Crippen molar-refractivity contribution in [3.63, 3.8) is 0 Å². The molecule has 6 heteroatoms. The summed E-state index contributed by atoms with van der Waals surface area (Å²) < 4.78 is 0. The molecule has 7 heavy (non-hydrogen) atoms. The Hall–Kier alpha value is -0.720. The lowest BCUT2D eigenvalue weighted by molar-refractivity contribution is -0.0926. The molecular weight excluding hydrogens is 102 g/mol. The zero-order valence-electron chi connectivity index (χ0n) is 3.67. The predicted octanol–water partition coefficient (Wildman–Crippen LogP) is -0.745. The summed E-state index contributed by atoms with van der Waals surface area (Å²) in [6.45, 7) is 0. The molecule has 2 N–H and O–H groups in total. The minimum atomic E-state index is 1.35. The number of hydrogen-bond acceptors (Lipinski definition) is 6. The van der Waals surface area contributed by atoms with E-state index in [2.05, 4.69) is 9.78 Å². The second-order valence-corrected chi connectivity index (χ2v) is 0.574. The van der Waals surface area contributed by atoms with Crippen LogP contribution in [0.3, 0.4) is 0 Å². The van der Waals surface area contributed by atoms with Crippen LogP contribution in [0.15, 0.2) is 5.34 Å². The molecule has 0 amide bonds. The van der Waals surface area contributed by atoms with E-state index in [9.17, 15) is 0 Å². The molecule has 0 aliphatic rings. The van der Waals surface area contributed by atoms with Crippen LogP contribution in [0, 0.1) is 4.91 Å². The van der Waals surface area contributed by atoms with Gasteiger partial charge in [-0.1, -0.05) is 0 Å². The summed E-state index contributed by atoms with van der Waals surface area (Å²) in [5.74, 6) is 0. The van der Waals surface area contributed by atoms with Gasteiger partial charge in [0, 0.05) is 0 Å². The normalized spacial score (nSPS) is 8.14. The Morgan fingerprint density at radius 3 is 2.71 bits per heavy atom. The molecule has 0 aromatic rings. The van der Waals surface area contributed by atoms with Crippen LogP contribution < -0.4 is 11.2 Å². The predicted molar refractivity (Wildman–Crippen MR) is 20.2 cm³/mol. The van der Waals surface area contributed by atoms with E-state index in [1.54, 1.807) is 0 Å². The van der Waals surface area contributed by atoms with Gasteiger partial charge in [0.2, 0.25) is 0 Å². The van der Waals surface area contributed by atoms with Crippen LogP contribution in [-0.4, -0.2) is 7.11 Å². The van der Waals surface area contributed by atoms with Crippen molar-refractivity contribution in [3.8, 4) is 0 Å². The van der Waals surface area contributed by atoms with Gasteiger partial charge in [-0.3, -0.25) is 4.84 Å². The van der Waals surface area contributed by atoms with Crippen molar-refractivity contribution in [2.45, 2.75) is 0 Å². The van der Waals surface area contributed by atoms with Crippen molar-refractivity contribution >= 4 is 0 Å². The van der Waals surface area contributed by atoms with Gasteiger partial charge in [0.05, 0.1) is 7.11 Å². The fourth-order valence-electron chi connectivity index (χ4n) is 0.0789. The highest BCUT2D eigenvalue weighted by Crippen LogP contribution is 1.56. The van der Waals surface area contributed by atoms with Crippen LogP contribution in [0.25, 0.3) is 0 Å². The van der Waals surface area contributed by atoms with Gasteiger partial charge < -0.3 is 0 Å². The molecule has 0 fully saturated rings. The first-order valence-corrected chi connectivity index (χ1v) is 1.43. The van der Waals surface area contributed by atoms with Crippen molar-refractivity contribution in [2.75, 3.05) is 7.11 Å². The molecule has 0 rings (SSSR count). The Balaban J connectivity index is 2.56. The molecule has 0 bridgehead atoms. The van der Waals surface area contributed by atoms with Crippen molar-refractivity contribution in [2.24, 2.45) is 5.34 Å². The van der Waals surface area contributed by atoms with E-state index < -0.39 is 0 Å². The number of hydrogen-bond donors (Lipinski definition) is 2. The third-order valence-electron chi connectivity index (χ3n) is 0.227. The van der Waals surface area contributed by atoms with Gasteiger partial charge in [-0.25, -0.2) is 4.94 Å². The summed E-state index contributed by atoms with van der Waals surface area (Å²) in [6, 6.07) is 0. The second kappa shape index (κ2) is 5.28. The first kappa shape index (κ1) is 6.28. The number of rotatable bonds is 4. The molecule has 0 saturated heterocycles. The highest BCUT2D eigenvalue weighted by molar-refractivity contribution is 3.92. The number of hydrazine groups is 1. The van der Waals surface area contributed by atoms with E-state index in [1.165, 1.54) is 7.11 Å². The minimum absolute atomic E-state index is 1.35. The molecule has 0 spiro atoms. The van der Waals surface area contributed by atoms with Crippen LogP contribution in [0.5, 0.6) is 0 Å². The summed E-state index contributed by atoms with van der Waals surface area (Å²) in [4.78, 5) is 16.9. The Bertz CT molecular complexity index is 47.4. The van der Waals surface area contributed by atoms with Gasteiger partial charge in [0.15, 0.2) is 5.34 Å². The highest BCUT2D eigenvalue weighted by Gasteiger charge is 1.72. The average Bonchev–Trinajstić information content (AvgIpc) is 1.69. The topological polar surface area (TPSA) is 71.9 Å². The summed E-state index contributed by atoms with van der Waals surface area (Å²) in [6.07, 6.45) is 0. The second-order valence-electron chi connectivity index (χ2n) is 0.574. The Morgan fingerprint density at radius 1 is 1.57 bits per heavy atom. The molecule has 6 nitrogen and oxygen atoms in total. The van der Waals surface area contributed by atoms with Crippen LogP contribution in [-0.2, 0) is 9.78 Å². The first-order valence-electron chi connectivity index (χ1n) is 1.43. The van der Waals surface area contributed by atoms with Crippen LogP contribution >= 0.6 is 0 Å². The molecule has 0 heterocycles. The minimum Gasteiger partial charge on any atom is -0.287 e. The third kappa shape index (κ3) is 5.28. The summed E-state index contributed by atoms with van der Waals surface area (Å²) >= 11 is 0. The van der Waals surface area contributed by atoms with Gasteiger partial charge in [0.1, 0.15) is 0 Å². The van der Waals surface area contributed by atoms with Crippen LogP contribution in [0.1, 0.15) is 0 Å². The molecule has 42 valence electrons. The van der Waals surface area contributed by atoms with Crippen molar-refractivity contribution in [1.29, 1.82) is 0 Å². The van der Waals surface area contributed by atoms with E-state index in [0.29, 0.717) is 0 Å². The van der Waals surface area contributed by atoms with Crippen molar-refractivity contribution < 1.29 is 9.78 Å². The van der Waals surface area contributed by atoms with E-state index in [-0.39, 0.29) is 0 Å². The zero-order chi connectivity index (χ0) is 5.54. The number of nitrogens with one attached hydrogen (secondary N) is 2. The fraction of sp³-hybridized carbons (Fsp3) is 1.00. The zero-order valence-corrected chi connectivity index (χ0v) is 3.67. The lowest BCUT2D eigenvalue weighted by Gasteiger charge is -1.94. The SMILES string of the molecule is CONNON=O. The van der Waals surface area contributed by atoms with Gasteiger partial charge in [0.25, 0.3) is 0 Å². The largest absolute Gasteiger partial charge is 0.287 e. The maximum absolute atomic E-state index is 9.05. The third-order valence-corrected chi connectivity index (χ3v) is 0.227. The molecule has 0 radical (unpaired) electrons. The Labute approximate surface area is 39.6 Å². The molecular formula is CH5N3O3. The maximum atomic E-state index is 9.05. The Kier molecular flexibility index (Phi) is 4.74. The molecule has 0 atom stereocenters. The first-order chi connectivity index (χ1) is 3.41. The van der Waals surface area contributed by atoms with Gasteiger partial charge >= 0.3 is 0 Å². The number of nitrogens with zero attached hydrogens (tertiary/aromatic N) is 1. The molecule has 0 aliphatic carbocycles. The monoisotopic (exact) mass is 107 g/mol. The van der Waals surface area contributed by atoms with Crippen molar-refractivity contribution in [1.82, 2.24) is 11.2 Å². The van der Waals surface area contributed by atoms with Crippen LogP contribution in [0.4, 0.5) is 0 Å². The maximum Gasteiger partial charge on any atom is 0.177 e. The molecule has 0 aromatic carbocycles. The Morgan fingerprint density at radius 2 is 2.29 bits per heavy atom. The molecule has 0 aliphatic heterocycles. The van der Waals surface area contributed by atoms with E-state index in [0.717, 1.165) is 0 Å². The van der Waals surface area contributed by atoms with Crippen LogP contribution in [0.2, 0.25) is 0 Å². The molecule has 0 unspecified atom stereocenters. The standard InChI is InChI=1S/CH5N3O3/c1-6-2-3-7-4-5/h2-3H,1H3. The van der Waals surface area contributed by atoms with Crippen molar-refractivity contribution in [3.05, 3.63) is 4.91 Å². The van der Waals surface area contributed by atoms with Gasteiger partial charge in [-0.2, -0.15) is 0 Å². The summed E-state index contributed by atoms with van der Waals surface area (Å²) in [5, 5.41) is 1.97. The van der Waals surface area contributed by atoms with E-state index >= 15 is 0 Å². The summed E-state index contributed by atoms with van der Waals surface area (Å²) in [7, 11) is 1.35. The highest BCUT2D eigenvalue weighted by atomic mass is 16.9. The summed E-state index contributed by atoms with van der Waals surface area (Å²) in [5.41, 5.74) is 3.82. The molecule has 0 aromatic heterocycles.